The van der Waals surface area contributed by atoms with E-state index >= 15 is 0 Å². The number of sulfonamides is 1. The number of hydrogen-bond acceptors (Lipinski definition) is 4. The van der Waals surface area contributed by atoms with Crippen LogP contribution in [0.4, 0.5) is 5.69 Å². The van der Waals surface area contributed by atoms with Crippen molar-refractivity contribution in [1.82, 2.24) is 8.87 Å². The van der Waals surface area contributed by atoms with Gasteiger partial charge in [-0.05, 0) is 54.8 Å². The van der Waals surface area contributed by atoms with E-state index in [1.54, 1.807) is 53.1 Å². The number of rotatable bonds is 4. The fourth-order valence-corrected chi connectivity index (χ4v) is 6.26. The lowest BCUT2D eigenvalue weighted by atomic mass is 9.84. The minimum Gasteiger partial charge on any atom is -0.322 e. The molecule has 3 heterocycles. The number of benzene rings is 2. The lowest BCUT2D eigenvalue weighted by Gasteiger charge is -2.42. The minimum atomic E-state index is -3.68. The Labute approximate surface area is 186 Å². The quantitative estimate of drug-likeness (QED) is 0.663. The van der Waals surface area contributed by atoms with Crippen LogP contribution < -0.4 is 10.9 Å². The average molecular weight is 450 g/mol. The van der Waals surface area contributed by atoms with Crippen LogP contribution in [0.2, 0.25) is 0 Å². The monoisotopic (exact) mass is 449 g/mol. The van der Waals surface area contributed by atoms with E-state index in [0.29, 0.717) is 30.9 Å². The standard InChI is InChI=1S/C24H23N3O4S/c28-23-8-4-7-22-19-13-17(15-27(22)23)14-26(16-19)32(30,31)21-11-9-20(10-12-21)25-24(29)18-5-2-1-3-6-18/h1-12,17,19H,13-16H2,(H,25,29)/t17-,19+/m0/s1. The molecule has 0 saturated carbocycles. The van der Waals surface area contributed by atoms with Crippen LogP contribution in [0, 0.1) is 5.92 Å². The van der Waals surface area contributed by atoms with E-state index in [9.17, 15) is 18.0 Å². The van der Waals surface area contributed by atoms with Crippen molar-refractivity contribution in [2.45, 2.75) is 23.8 Å². The fraction of sp³-hybridized carbons (Fsp3) is 0.250. The molecular formula is C24H23N3O4S. The van der Waals surface area contributed by atoms with E-state index < -0.39 is 10.0 Å². The molecule has 1 N–H and O–H groups in total. The van der Waals surface area contributed by atoms with Crippen LogP contribution in [-0.2, 0) is 16.6 Å². The second-order valence-corrected chi connectivity index (χ2v) is 10.3. The first-order valence-corrected chi connectivity index (χ1v) is 12.0. The number of fused-ring (bicyclic) bond motifs is 4. The summed E-state index contributed by atoms with van der Waals surface area (Å²) in [6.45, 7) is 1.29. The van der Waals surface area contributed by atoms with Crippen LogP contribution in [0.3, 0.4) is 0 Å². The van der Waals surface area contributed by atoms with Gasteiger partial charge in [0.15, 0.2) is 0 Å². The molecule has 1 fully saturated rings. The normalized spacial score (nSPS) is 20.4. The number of aromatic nitrogens is 1. The smallest absolute Gasteiger partial charge is 0.255 e. The van der Waals surface area contributed by atoms with Crippen molar-refractivity contribution in [2.75, 3.05) is 18.4 Å². The number of amides is 1. The van der Waals surface area contributed by atoms with Gasteiger partial charge < -0.3 is 9.88 Å². The third-order valence-electron chi connectivity index (χ3n) is 6.23. The summed E-state index contributed by atoms with van der Waals surface area (Å²) in [6, 6.07) is 20.3. The SMILES string of the molecule is O=C(Nc1ccc(S(=O)(=O)N2C[C@@H]3C[C@H](C2)c2cccc(=O)n2C3)cc1)c1ccccc1. The summed E-state index contributed by atoms with van der Waals surface area (Å²) in [7, 11) is -3.68. The van der Waals surface area contributed by atoms with Crippen molar-refractivity contribution < 1.29 is 13.2 Å². The maximum atomic E-state index is 13.3. The van der Waals surface area contributed by atoms with Gasteiger partial charge >= 0.3 is 0 Å². The van der Waals surface area contributed by atoms with E-state index in [2.05, 4.69) is 5.32 Å². The number of carbonyl (C=O) groups excluding carboxylic acids is 1. The molecule has 2 aromatic carbocycles. The molecule has 164 valence electrons. The predicted molar refractivity (Wildman–Crippen MR) is 121 cm³/mol. The van der Waals surface area contributed by atoms with Gasteiger partial charge in [-0.25, -0.2) is 8.42 Å². The van der Waals surface area contributed by atoms with Gasteiger partial charge in [0, 0.05) is 48.6 Å². The Morgan fingerprint density at radius 2 is 1.62 bits per heavy atom. The van der Waals surface area contributed by atoms with Gasteiger partial charge in [0.1, 0.15) is 0 Å². The molecule has 8 heteroatoms. The summed E-state index contributed by atoms with van der Waals surface area (Å²) in [4.78, 5) is 24.7. The van der Waals surface area contributed by atoms with Gasteiger partial charge in [-0.1, -0.05) is 24.3 Å². The Bertz CT molecular complexity index is 1320. The summed E-state index contributed by atoms with van der Waals surface area (Å²) in [5, 5.41) is 2.79. The number of piperidine rings is 1. The number of carbonyl (C=O) groups is 1. The largest absolute Gasteiger partial charge is 0.322 e. The molecule has 0 spiro atoms. The molecule has 1 amide bonds. The third kappa shape index (κ3) is 3.76. The highest BCUT2D eigenvalue weighted by molar-refractivity contribution is 7.89. The molecule has 5 rings (SSSR count). The van der Waals surface area contributed by atoms with E-state index in [4.69, 9.17) is 0 Å². The zero-order valence-corrected chi connectivity index (χ0v) is 18.2. The van der Waals surface area contributed by atoms with Gasteiger partial charge in [0.05, 0.1) is 4.90 Å². The van der Waals surface area contributed by atoms with E-state index in [1.165, 1.54) is 16.4 Å². The van der Waals surface area contributed by atoms with Crippen molar-refractivity contribution in [1.29, 1.82) is 0 Å². The molecule has 1 aromatic heterocycles. The van der Waals surface area contributed by atoms with Crippen LogP contribution in [0.15, 0.2) is 82.5 Å². The van der Waals surface area contributed by atoms with Crippen LogP contribution in [0.1, 0.15) is 28.4 Å². The van der Waals surface area contributed by atoms with Gasteiger partial charge in [-0.2, -0.15) is 4.31 Å². The van der Waals surface area contributed by atoms with Gasteiger partial charge in [-0.3, -0.25) is 9.59 Å². The zero-order valence-electron chi connectivity index (χ0n) is 17.3. The van der Waals surface area contributed by atoms with Crippen molar-refractivity contribution in [3.05, 3.63) is 94.4 Å². The number of anilines is 1. The third-order valence-corrected chi connectivity index (χ3v) is 8.08. The highest BCUT2D eigenvalue weighted by atomic mass is 32.2. The topological polar surface area (TPSA) is 88.5 Å². The lowest BCUT2D eigenvalue weighted by Crippen LogP contribution is -2.48. The molecule has 7 nitrogen and oxygen atoms in total. The summed E-state index contributed by atoms with van der Waals surface area (Å²) >= 11 is 0. The van der Waals surface area contributed by atoms with Crippen molar-refractivity contribution in [3.8, 4) is 0 Å². The van der Waals surface area contributed by atoms with Crippen molar-refractivity contribution >= 4 is 21.6 Å². The highest BCUT2D eigenvalue weighted by Gasteiger charge is 2.39. The van der Waals surface area contributed by atoms with Crippen LogP contribution >= 0.6 is 0 Å². The number of pyridine rings is 1. The fourth-order valence-electron chi connectivity index (χ4n) is 4.70. The Morgan fingerprint density at radius 3 is 2.38 bits per heavy atom. The second-order valence-electron chi connectivity index (χ2n) is 8.36. The number of nitrogens with one attached hydrogen (secondary N) is 1. The van der Waals surface area contributed by atoms with E-state index in [-0.39, 0.29) is 28.2 Å². The number of nitrogens with zero attached hydrogens (tertiary/aromatic N) is 2. The molecule has 0 radical (unpaired) electrons. The summed E-state index contributed by atoms with van der Waals surface area (Å²) in [6.07, 6.45) is 0.889. The van der Waals surface area contributed by atoms with Crippen molar-refractivity contribution in [2.24, 2.45) is 5.92 Å². The molecule has 0 aliphatic carbocycles. The predicted octanol–water partition coefficient (Wildman–Crippen LogP) is 2.91. The molecular weight excluding hydrogens is 426 g/mol. The highest BCUT2D eigenvalue weighted by Crippen LogP contribution is 2.37. The molecule has 2 atom stereocenters. The van der Waals surface area contributed by atoms with Crippen LogP contribution in [0.25, 0.3) is 0 Å². The Kier molecular flexibility index (Phi) is 5.19. The summed E-state index contributed by atoms with van der Waals surface area (Å²) in [5.41, 5.74) is 1.94. The van der Waals surface area contributed by atoms with Crippen LogP contribution in [0.5, 0.6) is 0 Å². The lowest BCUT2D eigenvalue weighted by molar-refractivity contribution is 0.102. The molecule has 2 aliphatic heterocycles. The van der Waals surface area contributed by atoms with Crippen molar-refractivity contribution in [3.63, 3.8) is 0 Å². The average Bonchev–Trinajstić information content (AvgIpc) is 2.80. The maximum absolute atomic E-state index is 13.3. The Morgan fingerprint density at radius 1 is 0.875 bits per heavy atom. The number of hydrogen-bond donors (Lipinski definition) is 1. The molecule has 2 aliphatic rings. The molecule has 1 saturated heterocycles. The first kappa shape index (κ1) is 20.7. The van der Waals surface area contributed by atoms with Gasteiger partial charge in [0.25, 0.3) is 11.5 Å². The molecule has 0 unspecified atom stereocenters. The van der Waals surface area contributed by atoms with Crippen LogP contribution in [-0.4, -0.2) is 36.3 Å². The Balaban J connectivity index is 1.34. The van der Waals surface area contributed by atoms with E-state index in [1.807, 2.05) is 12.1 Å². The van der Waals surface area contributed by atoms with Gasteiger partial charge in [-0.15, -0.1) is 0 Å². The van der Waals surface area contributed by atoms with E-state index in [0.717, 1.165) is 12.1 Å². The molecule has 32 heavy (non-hydrogen) atoms. The molecule has 3 aromatic rings. The first-order chi connectivity index (χ1) is 15.4. The Hall–Kier alpha value is -3.23. The summed E-state index contributed by atoms with van der Waals surface area (Å²) < 4.78 is 30.0. The first-order valence-electron chi connectivity index (χ1n) is 10.6. The zero-order chi connectivity index (χ0) is 22.3. The maximum Gasteiger partial charge on any atom is 0.255 e. The minimum absolute atomic E-state index is 0.00982. The molecule has 2 bridgehead atoms. The summed E-state index contributed by atoms with van der Waals surface area (Å²) in [5.74, 6) is -0.130. The second kappa shape index (κ2) is 8.03. The van der Waals surface area contributed by atoms with Gasteiger partial charge in [0.2, 0.25) is 10.0 Å².